The summed E-state index contributed by atoms with van der Waals surface area (Å²) in [6.07, 6.45) is 0.304. The monoisotopic (exact) mass is 512 g/mol. The lowest BCUT2D eigenvalue weighted by atomic mass is 10.1. The lowest BCUT2D eigenvalue weighted by Gasteiger charge is -2.38. The fourth-order valence-electron chi connectivity index (χ4n) is 3.82. The Morgan fingerprint density at radius 1 is 1.14 bits per heavy atom. The number of nitrogens with zero attached hydrogens (tertiary/aromatic N) is 2. The van der Waals surface area contributed by atoms with E-state index < -0.39 is 23.8 Å². The molecule has 1 aliphatic rings. The Morgan fingerprint density at radius 3 is 2.36 bits per heavy atom. The highest BCUT2D eigenvalue weighted by Crippen LogP contribution is 2.22. The van der Waals surface area contributed by atoms with Gasteiger partial charge >= 0.3 is 0 Å². The number of rotatable bonds is 8. The quantitative estimate of drug-likeness (QED) is 0.215. The molecule has 1 unspecified atom stereocenters. The second-order valence-corrected chi connectivity index (χ2v) is 8.72. The first kappa shape index (κ1) is 27.2. The molecule has 1 saturated heterocycles. The summed E-state index contributed by atoms with van der Waals surface area (Å²) in [6.45, 7) is 5.30. The molecule has 0 radical (unpaired) electrons. The summed E-state index contributed by atoms with van der Waals surface area (Å²) in [4.78, 5) is 39.9. The predicted molar refractivity (Wildman–Crippen MR) is 134 cm³/mol. The molecule has 2 aromatic carbocycles. The van der Waals surface area contributed by atoms with Gasteiger partial charge in [-0.3, -0.25) is 24.5 Å². The number of nitrogens with one attached hydrogen (secondary N) is 2. The maximum atomic E-state index is 12.8. The van der Waals surface area contributed by atoms with Gasteiger partial charge in [0, 0.05) is 62.0 Å². The van der Waals surface area contributed by atoms with Crippen LogP contribution in [0.4, 0.5) is 0 Å². The molecule has 0 spiro atoms. The number of carbonyl (C=O) groups is 3. The minimum absolute atomic E-state index is 0.257. The van der Waals surface area contributed by atoms with Crippen molar-refractivity contribution in [1.82, 2.24) is 20.6 Å². The summed E-state index contributed by atoms with van der Waals surface area (Å²) in [5, 5.41) is 11.9. The standard InChI is InChI=1S/C26H29ClN4O5/c1-4-36-21-15-31(16-21)14-20-12-9-18(13-22(20)27)6-5-17-7-10-19(11-8-17)26(34)30(3)23(24(32)28-2)25(33)29-35/h7-13,21,23,35H,4,14-16H2,1-3H3,(H,28,32)(H,29,33). The summed E-state index contributed by atoms with van der Waals surface area (Å²) >= 11 is 6.47. The van der Waals surface area contributed by atoms with Gasteiger partial charge in [-0.1, -0.05) is 29.5 Å². The van der Waals surface area contributed by atoms with Crippen molar-refractivity contribution >= 4 is 29.3 Å². The maximum absolute atomic E-state index is 12.8. The molecule has 36 heavy (non-hydrogen) atoms. The van der Waals surface area contributed by atoms with E-state index in [1.807, 2.05) is 25.1 Å². The van der Waals surface area contributed by atoms with E-state index in [0.29, 0.717) is 16.7 Å². The van der Waals surface area contributed by atoms with Crippen molar-refractivity contribution in [1.29, 1.82) is 0 Å². The number of hydrogen-bond acceptors (Lipinski definition) is 6. The molecule has 0 aromatic heterocycles. The Morgan fingerprint density at radius 2 is 1.78 bits per heavy atom. The number of ether oxygens (including phenoxy) is 1. The van der Waals surface area contributed by atoms with E-state index in [0.717, 1.165) is 42.3 Å². The van der Waals surface area contributed by atoms with Gasteiger partial charge in [-0.05, 0) is 48.9 Å². The smallest absolute Gasteiger partial charge is 0.275 e. The number of benzene rings is 2. The van der Waals surface area contributed by atoms with E-state index >= 15 is 0 Å². The molecule has 0 aliphatic carbocycles. The van der Waals surface area contributed by atoms with E-state index in [9.17, 15) is 14.4 Å². The van der Waals surface area contributed by atoms with Crippen LogP contribution >= 0.6 is 11.6 Å². The second-order valence-electron chi connectivity index (χ2n) is 8.31. The summed E-state index contributed by atoms with van der Waals surface area (Å²) < 4.78 is 5.58. The zero-order chi connectivity index (χ0) is 26.2. The molecule has 2 aromatic rings. The molecule has 1 atom stereocenters. The fraction of sp³-hybridized carbons (Fsp3) is 0.346. The molecule has 1 aliphatic heterocycles. The van der Waals surface area contributed by atoms with Crippen LogP contribution in [0.3, 0.4) is 0 Å². The zero-order valence-electron chi connectivity index (χ0n) is 20.4. The van der Waals surface area contributed by atoms with Crippen molar-refractivity contribution in [3.05, 3.63) is 69.7 Å². The zero-order valence-corrected chi connectivity index (χ0v) is 21.1. The number of hydroxylamine groups is 1. The Kier molecular flexibility index (Phi) is 9.44. The second kappa shape index (κ2) is 12.5. The Hall–Kier alpha value is -3.42. The molecule has 3 rings (SSSR count). The number of amides is 3. The summed E-state index contributed by atoms with van der Waals surface area (Å²) in [5.74, 6) is 3.80. The highest BCUT2D eigenvalue weighted by Gasteiger charge is 2.33. The number of carbonyl (C=O) groups excluding carboxylic acids is 3. The van der Waals surface area contributed by atoms with Crippen LogP contribution in [0, 0.1) is 11.8 Å². The third kappa shape index (κ3) is 6.62. The minimum atomic E-state index is -1.52. The van der Waals surface area contributed by atoms with Gasteiger partial charge in [0.2, 0.25) is 0 Å². The Bertz CT molecular complexity index is 1150. The first-order valence-electron chi connectivity index (χ1n) is 11.4. The van der Waals surface area contributed by atoms with Gasteiger partial charge in [-0.15, -0.1) is 0 Å². The molecule has 0 saturated carbocycles. The summed E-state index contributed by atoms with van der Waals surface area (Å²) in [7, 11) is 2.63. The first-order valence-corrected chi connectivity index (χ1v) is 11.8. The van der Waals surface area contributed by atoms with Gasteiger partial charge in [-0.25, -0.2) is 5.48 Å². The number of likely N-dealkylation sites (tertiary alicyclic amines) is 1. The molecule has 1 fully saturated rings. The minimum Gasteiger partial charge on any atom is -0.376 e. The highest BCUT2D eigenvalue weighted by atomic mass is 35.5. The molecule has 9 nitrogen and oxygen atoms in total. The molecule has 1 heterocycles. The molecule has 10 heteroatoms. The summed E-state index contributed by atoms with van der Waals surface area (Å²) in [5.41, 5.74) is 4.14. The maximum Gasteiger partial charge on any atom is 0.275 e. The fourth-order valence-corrected chi connectivity index (χ4v) is 4.06. The van der Waals surface area contributed by atoms with E-state index in [1.54, 1.807) is 24.3 Å². The number of hydrogen-bond donors (Lipinski definition) is 3. The largest absolute Gasteiger partial charge is 0.376 e. The Labute approximate surface area is 215 Å². The summed E-state index contributed by atoms with van der Waals surface area (Å²) in [6, 6.07) is 10.7. The molecule has 190 valence electrons. The van der Waals surface area contributed by atoms with Gasteiger partial charge in [0.15, 0.2) is 6.04 Å². The van der Waals surface area contributed by atoms with E-state index in [4.69, 9.17) is 21.5 Å². The van der Waals surface area contributed by atoms with Crippen molar-refractivity contribution in [2.45, 2.75) is 25.6 Å². The van der Waals surface area contributed by atoms with Crippen LogP contribution in [-0.2, 0) is 20.9 Å². The predicted octanol–water partition coefficient (Wildman–Crippen LogP) is 1.65. The first-order chi connectivity index (χ1) is 17.3. The number of likely N-dealkylation sites (N-methyl/N-ethyl adjacent to an activating group) is 2. The average molecular weight is 513 g/mol. The van der Waals surface area contributed by atoms with Gasteiger partial charge < -0.3 is 15.0 Å². The lowest BCUT2D eigenvalue weighted by Crippen LogP contribution is -2.54. The molecule has 3 N–H and O–H groups in total. The highest BCUT2D eigenvalue weighted by molar-refractivity contribution is 6.31. The van der Waals surface area contributed by atoms with Crippen LogP contribution < -0.4 is 10.8 Å². The SMILES string of the molecule is CCOC1CN(Cc2ccc(C#Cc3ccc(C(=O)N(C)C(C(=O)NC)C(=O)NO)cc3)cc2Cl)C1. The van der Waals surface area contributed by atoms with Crippen molar-refractivity contribution in [3.8, 4) is 11.8 Å². The van der Waals surface area contributed by atoms with Crippen molar-refractivity contribution in [3.63, 3.8) is 0 Å². The van der Waals surface area contributed by atoms with Crippen LogP contribution in [0.1, 0.15) is 34.0 Å². The lowest BCUT2D eigenvalue weighted by molar-refractivity contribution is -0.140. The molecule has 3 amide bonds. The van der Waals surface area contributed by atoms with E-state index in [2.05, 4.69) is 22.1 Å². The molecular formula is C26H29ClN4O5. The van der Waals surface area contributed by atoms with Crippen LogP contribution in [0.5, 0.6) is 0 Å². The van der Waals surface area contributed by atoms with Crippen molar-refractivity contribution in [2.24, 2.45) is 0 Å². The van der Waals surface area contributed by atoms with Crippen molar-refractivity contribution in [2.75, 3.05) is 33.8 Å². The van der Waals surface area contributed by atoms with Gasteiger partial charge in [0.1, 0.15) is 0 Å². The average Bonchev–Trinajstić information content (AvgIpc) is 2.86. The van der Waals surface area contributed by atoms with E-state index in [1.165, 1.54) is 19.6 Å². The topological polar surface area (TPSA) is 111 Å². The molecule has 0 bridgehead atoms. The molecular weight excluding hydrogens is 484 g/mol. The van der Waals surface area contributed by atoms with Gasteiger partial charge in [-0.2, -0.15) is 0 Å². The van der Waals surface area contributed by atoms with E-state index in [-0.39, 0.29) is 5.56 Å². The van der Waals surface area contributed by atoms with Crippen molar-refractivity contribution < 1.29 is 24.3 Å². The van der Waals surface area contributed by atoms with Crippen LogP contribution in [0.25, 0.3) is 0 Å². The number of halogens is 1. The van der Waals surface area contributed by atoms with Gasteiger partial charge in [0.25, 0.3) is 17.7 Å². The van der Waals surface area contributed by atoms with Crippen LogP contribution in [0.15, 0.2) is 42.5 Å². The van der Waals surface area contributed by atoms with Crippen LogP contribution in [-0.4, -0.2) is 78.7 Å². The normalized spacial score (nSPS) is 14.1. The third-order valence-electron chi connectivity index (χ3n) is 5.82. The van der Waals surface area contributed by atoms with Crippen LogP contribution in [0.2, 0.25) is 5.02 Å². The van der Waals surface area contributed by atoms with Gasteiger partial charge in [0.05, 0.1) is 6.10 Å². The Balaban J connectivity index is 1.64. The third-order valence-corrected chi connectivity index (χ3v) is 6.17.